The molecular formula is C19H15F2N3O2S. The van der Waals surface area contributed by atoms with E-state index >= 15 is 0 Å². The summed E-state index contributed by atoms with van der Waals surface area (Å²) in [6, 6.07) is 14.3. The van der Waals surface area contributed by atoms with E-state index in [0.29, 0.717) is 5.52 Å². The minimum atomic E-state index is -4.09. The molecule has 0 aliphatic heterocycles. The molecule has 138 valence electrons. The first-order chi connectivity index (χ1) is 12.8. The topological polar surface area (TPSA) is 64.0 Å². The summed E-state index contributed by atoms with van der Waals surface area (Å²) in [6.45, 7) is 1.97. The van der Waals surface area contributed by atoms with Crippen molar-refractivity contribution in [3.05, 3.63) is 71.9 Å². The van der Waals surface area contributed by atoms with Gasteiger partial charge in [-0.1, -0.05) is 48.0 Å². The molecule has 3 aromatic carbocycles. The van der Waals surface area contributed by atoms with Crippen LogP contribution in [0.2, 0.25) is 0 Å². The Bertz CT molecular complexity index is 1270. The van der Waals surface area contributed by atoms with Crippen LogP contribution in [-0.2, 0) is 10.0 Å². The summed E-state index contributed by atoms with van der Waals surface area (Å²) in [4.78, 5) is 3.28. The van der Waals surface area contributed by atoms with Crippen LogP contribution in [0.15, 0.2) is 65.7 Å². The Kier molecular flexibility index (Phi) is 4.07. The van der Waals surface area contributed by atoms with E-state index in [4.69, 9.17) is 0 Å². The Hall–Kier alpha value is -3.00. The predicted octanol–water partition coefficient (Wildman–Crippen LogP) is 4.37. The molecule has 27 heavy (non-hydrogen) atoms. The molecule has 0 fully saturated rings. The number of nitrogens with one attached hydrogen (secondary N) is 1. The SMILES string of the molecule is Cc1ccc2c(ccc3cnn(NS(=O)(=O)c4cccc(C(F)F)c4)c32)c1. The number of benzene rings is 3. The van der Waals surface area contributed by atoms with E-state index in [1.807, 2.05) is 37.3 Å². The van der Waals surface area contributed by atoms with Crippen molar-refractivity contribution in [2.45, 2.75) is 18.2 Å². The monoisotopic (exact) mass is 387 g/mol. The number of hydrogen-bond acceptors (Lipinski definition) is 3. The van der Waals surface area contributed by atoms with Crippen LogP contribution in [0.4, 0.5) is 8.78 Å². The first kappa shape index (κ1) is 17.4. The maximum absolute atomic E-state index is 12.9. The van der Waals surface area contributed by atoms with Crippen LogP contribution < -0.4 is 4.83 Å². The lowest BCUT2D eigenvalue weighted by molar-refractivity contribution is 0.151. The van der Waals surface area contributed by atoms with Crippen molar-refractivity contribution < 1.29 is 17.2 Å². The second-order valence-corrected chi connectivity index (χ2v) is 7.91. The largest absolute Gasteiger partial charge is 0.276 e. The zero-order valence-electron chi connectivity index (χ0n) is 14.2. The average molecular weight is 387 g/mol. The lowest BCUT2D eigenvalue weighted by atomic mass is 10.1. The fourth-order valence-electron chi connectivity index (χ4n) is 3.02. The molecular weight excluding hydrogens is 372 g/mol. The second-order valence-electron chi connectivity index (χ2n) is 6.25. The van der Waals surface area contributed by atoms with Crippen LogP contribution >= 0.6 is 0 Å². The van der Waals surface area contributed by atoms with Gasteiger partial charge in [-0.3, -0.25) is 0 Å². The van der Waals surface area contributed by atoms with Gasteiger partial charge in [0.15, 0.2) is 0 Å². The number of alkyl halides is 2. The van der Waals surface area contributed by atoms with Gasteiger partial charge in [0, 0.05) is 16.3 Å². The number of rotatable bonds is 4. The Morgan fingerprint density at radius 1 is 1.04 bits per heavy atom. The predicted molar refractivity (Wildman–Crippen MR) is 99.9 cm³/mol. The lowest BCUT2D eigenvalue weighted by Gasteiger charge is -2.11. The van der Waals surface area contributed by atoms with Crippen molar-refractivity contribution in [2.24, 2.45) is 0 Å². The minimum Gasteiger partial charge on any atom is -0.205 e. The molecule has 0 radical (unpaired) electrons. The fourth-order valence-corrected chi connectivity index (χ4v) is 4.04. The van der Waals surface area contributed by atoms with Crippen molar-refractivity contribution in [3.63, 3.8) is 0 Å². The van der Waals surface area contributed by atoms with Crippen molar-refractivity contribution in [1.29, 1.82) is 0 Å². The summed E-state index contributed by atoms with van der Waals surface area (Å²) in [5.41, 5.74) is 1.32. The molecule has 0 amide bonds. The molecule has 1 heterocycles. The third kappa shape index (κ3) is 3.12. The number of sulfonamides is 1. The van der Waals surface area contributed by atoms with Gasteiger partial charge in [0.25, 0.3) is 16.4 Å². The third-order valence-electron chi connectivity index (χ3n) is 4.33. The van der Waals surface area contributed by atoms with E-state index < -0.39 is 16.4 Å². The van der Waals surface area contributed by atoms with Gasteiger partial charge < -0.3 is 0 Å². The summed E-state index contributed by atoms with van der Waals surface area (Å²) < 4.78 is 51.2. The van der Waals surface area contributed by atoms with E-state index in [1.54, 1.807) is 6.20 Å². The molecule has 4 aromatic rings. The zero-order valence-corrected chi connectivity index (χ0v) is 15.0. The quantitative estimate of drug-likeness (QED) is 0.566. The van der Waals surface area contributed by atoms with E-state index in [0.717, 1.165) is 32.6 Å². The summed E-state index contributed by atoms with van der Waals surface area (Å²) in [5.74, 6) is 0. The number of fused-ring (bicyclic) bond motifs is 3. The summed E-state index contributed by atoms with van der Waals surface area (Å²) in [6.07, 6.45) is -1.20. The van der Waals surface area contributed by atoms with Gasteiger partial charge >= 0.3 is 0 Å². The molecule has 0 spiro atoms. The molecule has 1 N–H and O–H groups in total. The highest BCUT2D eigenvalue weighted by molar-refractivity contribution is 7.92. The molecule has 8 heteroatoms. The maximum Gasteiger partial charge on any atom is 0.276 e. The van der Waals surface area contributed by atoms with Crippen LogP contribution in [0.25, 0.3) is 21.7 Å². The number of aromatic nitrogens is 2. The fraction of sp³-hybridized carbons (Fsp3) is 0.105. The summed E-state index contributed by atoms with van der Waals surface area (Å²) >= 11 is 0. The van der Waals surface area contributed by atoms with Gasteiger partial charge in [-0.2, -0.15) is 23.1 Å². The van der Waals surface area contributed by atoms with Crippen molar-refractivity contribution in [1.82, 2.24) is 9.89 Å². The second kappa shape index (κ2) is 6.31. The Morgan fingerprint density at radius 3 is 2.59 bits per heavy atom. The molecule has 0 aliphatic carbocycles. The molecule has 0 saturated carbocycles. The van der Waals surface area contributed by atoms with E-state index in [1.165, 1.54) is 18.2 Å². The molecule has 5 nitrogen and oxygen atoms in total. The zero-order chi connectivity index (χ0) is 19.2. The molecule has 0 atom stereocenters. The van der Waals surface area contributed by atoms with Crippen molar-refractivity contribution >= 4 is 31.7 Å². The van der Waals surface area contributed by atoms with Crippen LogP contribution in [0.5, 0.6) is 0 Å². The minimum absolute atomic E-state index is 0.250. The van der Waals surface area contributed by atoms with Crippen LogP contribution in [0.1, 0.15) is 17.6 Å². The van der Waals surface area contributed by atoms with Gasteiger partial charge in [0.2, 0.25) is 0 Å². The Balaban J connectivity index is 1.82. The highest BCUT2D eigenvalue weighted by Crippen LogP contribution is 2.27. The van der Waals surface area contributed by atoms with E-state index in [9.17, 15) is 17.2 Å². The molecule has 1 aromatic heterocycles. The van der Waals surface area contributed by atoms with Gasteiger partial charge in [-0.25, -0.2) is 8.78 Å². The Morgan fingerprint density at radius 2 is 1.81 bits per heavy atom. The summed E-state index contributed by atoms with van der Waals surface area (Å²) in [7, 11) is -4.09. The van der Waals surface area contributed by atoms with E-state index in [2.05, 4.69) is 9.93 Å². The summed E-state index contributed by atoms with van der Waals surface area (Å²) in [5, 5.41) is 6.65. The number of nitrogens with zero attached hydrogens (tertiary/aromatic N) is 2. The Labute approximate surface area is 154 Å². The van der Waals surface area contributed by atoms with Gasteiger partial charge in [-0.05, 0) is 24.4 Å². The van der Waals surface area contributed by atoms with Crippen LogP contribution in [0.3, 0.4) is 0 Å². The molecule has 0 aliphatic rings. The molecule has 0 saturated heterocycles. The number of hydrogen-bond donors (Lipinski definition) is 1. The highest BCUT2D eigenvalue weighted by Gasteiger charge is 2.19. The maximum atomic E-state index is 12.9. The molecule has 4 rings (SSSR count). The smallest absolute Gasteiger partial charge is 0.205 e. The van der Waals surface area contributed by atoms with Crippen molar-refractivity contribution in [3.8, 4) is 0 Å². The third-order valence-corrected chi connectivity index (χ3v) is 5.62. The molecule has 0 unspecified atom stereocenters. The standard InChI is InChI=1S/C19H15F2N3O2S/c1-12-5-8-17-13(9-12)6-7-15-11-22-24(18(15)17)23-27(25,26)16-4-2-3-14(10-16)19(20)21/h2-11,19,23H,1H3. The lowest BCUT2D eigenvalue weighted by Crippen LogP contribution is -2.24. The van der Waals surface area contributed by atoms with E-state index in [-0.39, 0.29) is 10.5 Å². The van der Waals surface area contributed by atoms with Gasteiger partial charge in [0.05, 0.1) is 11.1 Å². The normalized spacial score (nSPS) is 12.1. The van der Waals surface area contributed by atoms with Crippen molar-refractivity contribution in [2.75, 3.05) is 4.83 Å². The number of halogens is 2. The van der Waals surface area contributed by atoms with Gasteiger partial charge in [-0.15, -0.1) is 0 Å². The molecule has 0 bridgehead atoms. The van der Waals surface area contributed by atoms with Crippen LogP contribution in [0, 0.1) is 6.92 Å². The highest BCUT2D eigenvalue weighted by atomic mass is 32.2. The van der Waals surface area contributed by atoms with Gasteiger partial charge in [0.1, 0.15) is 5.52 Å². The van der Waals surface area contributed by atoms with Crippen LogP contribution in [-0.4, -0.2) is 18.3 Å². The first-order valence-electron chi connectivity index (χ1n) is 8.13. The number of aryl methyl sites for hydroxylation is 1. The first-order valence-corrected chi connectivity index (χ1v) is 9.61. The average Bonchev–Trinajstić information content (AvgIpc) is 3.04.